The second-order valence-electron chi connectivity index (χ2n) is 4.46. The molecule has 0 saturated carbocycles. The van der Waals surface area contributed by atoms with Crippen LogP contribution < -0.4 is 10.6 Å². The van der Waals surface area contributed by atoms with E-state index in [-0.39, 0.29) is 12.5 Å². The highest BCUT2D eigenvalue weighted by Crippen LogP contribution is 2.25. The number of benzene rings is 1. The number of carboxylic acid groups (broad SMARTS) is 1. The van der Waals surface area contributed by atoms with Gasteiger partial charge in [-0.2, -0.15) is 0 Å². The van der Waals surface area contributed by atoms with Gasteiger partial charge in [0.15, 0.2) is 0 Å². The molecule has 0 radical (unpaired) electrons. The zero-order chi connectivity index (χ0) is 14.6. The standard InChI is InChI=1S/C13H17BrN2O3/c1-8(2)16(6-5-12(17)18)9-3-4-10(13(15)19)11(14)7-9/h3-4,7-8H,5-6H2,1-2H3,(H2,15,19)(H,17,18). The molecule has 0 aromatic heterocycles. The van der Waals surface area contributed by atoms with Gasteiger partial charge >= 0.3 is 5.97 Å². The Kier molecular flexibility index (Phi) is 5.35. The minimum Gasteiger partial charge on any atom is -0.481 e. The van der Waals surface area contributed by atoms with Crippen molar-refractivity contribution in [1.82, 2.24) is 0 Å². The molecule has 104 valence electrons. The Morgan fingerprint density at radius 1 is 1.42 bits per heavy atom. The van der Waals surface area contributed by atoms with Crippen LogP contribution in [0.5, 0.6) is 0 Å². The molecule has 0 saturated heterocycles. The highest BCUT2D eigenvalue weighted by atomic mass is 79.9. The zero-order valence-electron chi connectivity index (χ0n) is 10.9. The molecule has 3 N–H and O–H groups in total. The molecule has 1 rings (SSSR count). The summed E-state index contributed by atoms with van der Waals surface area (Å²) in [6, 6.07) is 5.35. The van der Waals surface area contributed by atoms with Crippen molar-refractivity contribution in [3.8, 4) is 0 Å². The number of carboxylic acids is 1. The Morgan fingerprint density at radius 2 is 2.05 bits per heavy atom. The molecule has 0 unspecified atom stereocenters. The third-order valence-electron chi connectivity index (χ3n) is 2.74. The Labute approximate surface area is 120 Å². The van der Waals surface area contributed by atoms with Gasteiger partial charge in [0.25, 0.3) is 0 Å². The molecular weight excluding hydrogens is 312 g/mol. The smallest absolute Gasteiger partial charge is 0.305 e. The van der Waals surface area contributed by atoms with Gasteiger partial charge in [-0.1, -0.05) is 0 Å². The highest BCUT2D eigenvalue weighted by Gasteiger charge is 2.14. The van der Waals surface area contributed by atoms with Gasteiger partial charge in [0.2, 0.25) is 5.91 Å². The van der Waals surface area contributed by atoms with Gasteiger partial charge in [-0.25, -0.2) is 0 Å². The van der Waals surface area contributed by atoms with Gasteiger partial charge in [-0.15, -0.1) is 0 Å². The van der Waals surface area contributed by atoms with E-state index >= 15 is 0 Å². The number of anilines is 1. The SMILES string of the molecule is CC(C)N(CCC(=O)O)c1ccc(C(N)=O)c(Br)c1. The number of halogens is 1. The molecule has 5 nitrogen and oxygen atoms in total. The average molecular weight is 329 g/mol. The minimum atomic E-state index is -0.835. The summed E-state index contributed by atoms with van der Waals surface area (Å²) in [6.07, 6.45) is 0.0629. The monoisotopic (exact) mass is 328 g/mol. The van der Waals surface area contributed by atoms with Crippen LogP contribution in [0.25, 0.3) is 0 Å². The predicted octanol–water partition coefficient (Wildman–Crippen LogP) is 2.24. The van der Waals surface area contributed by atoms with Gasteiger partial charge in [0.1, 0.15) is 0 Å². The maximum absolute atomic E-state index is 11.2. The predicted molar refractivity (Wildman–Crippen MR) is 77.4 cm³/mol. The van der Waals surface area contributed by atoms with Crippen LogP contribution in [0, 0.1) is 0 Å². The fraction of sp³-hybridized carbons (Fsp3) is 0.385. The number of primary amides is 1. The summed E-state index contributed by atoms with van der Waals surface area (Å²) < 4.78 is 0.610. The van der Waals surface area contributed by atoms with Crippen LogP contribution >= 0.6 is 15.9 Å². The Morgan fingerprint density at radius 3 is 2.47 bits per heavy atom. The van der Waals surface area contributed by atoms with Crippen LogP contribution in [0.3, 0.4) is 0 Å². The summed E-state index contributed by atoms with van der Waals surface area (Å²) in [5.41, 5.74) is 6.50. The van der Waals surface area contributed by atoms with Crippen molar-refractivity contribution in [3.05, 3.63) is 28.2 Å². The second kappa shape index (κ2) is 6.56. The first-order chi connectivity index (χ1) is 8.82. The molecule has 1 amide bonds. The molecule has 0 aliphatic carbocycles. The summed E-state index contributed by atoms with van der Waals surface area (Å²) in [7, 11) is 0. The van der Waals surface area contributed by atoms with Crippen molar-refractivity contribution in [3.63, 3.8) is 0 Å². The van der Waals surface area contributed by atoms with E-state index in [0.717, 1.165) is 5.69 Å². The molecule has 0 aliphatic heterocycles. The second-order valence-corrected chi connectivity index (χ2v) is 5.31. The van der Waals surface area contributed by atoms with Crippen LogP contribution in [0.1, 0.15) is 30.6 Å². The van der Waals surface area contributed by atoms with Gasteiger partial charge in [-0.3, -0.25) is 9.59 Å². The number of amides is 1. The van der Waals surface area contributed by atoms with Gasteiger partial charge in [-0.05, 0) is 48.0 Å². The maximum Gasteiger partial charge on any atom is 0.305 e. The van der Waals surface area contributed by atoms with E-state index in [1.165, 1.54) is 0 Å². The third-order valence-corrected chi connectivity index (χ3v) is 3.40. The number of hydrogen-bond acceptors (Lipinski definition) is 3. The summed E-state index contributed by atoms with van der Waals surface area (Å²) >= 11 is 3.30. The van der Waals surface area contributed by atoms with Crippen LogP contribution in [0.4, 0.5) is 5.69 Å². The first kappa shape index (κ1) is 15.5. The molecule has 19 heavy (non-hydrogen) atoms. The Bertz CT molecular complexity index is 489. The van der Waals surface area contributed by atoms with E-state index in [4.69, 9.17) is 10.8 Å². The third kappa shape index (κ3) is 4.24. The number of carbonyl (C=O) groups is 2. The number of aliphatic carboxylic acids is 1. The lowest BCUT2D eigenvalue weighted by Gasteiger charge is -2.28. The molecule has 6 heteroatoms. The van der Waals surface area contributed by atoms with Gasteiger partial charge in [0, 0.05) is 22.7 Å². The normalized spacial score (nSPS) is 10.5. The van der Waals surface area contributed by atoms with Crippen LogP contribution in [-0.2, 0) is 4.79 Å². The van der Waals surface area contributed by atoms with Crippen molar-refractivity contribution >= 4 is 33.5 Å². The zero-order valence-corrected chi connectivity index (χ0v) is 12.5. The molecule has 0 aliphatic rings. The van der Waals surface area contributed by atoms with Crippen molar-refractivity contribution in [1.29, 1.82) is 0 Å². The minimum absolute atomic E-state index is 0.0629. The van der Waals surface area contributed by atoms with Crippen molar-refractivity contribution < 1.29 is 14.7 Å². The van der Waals surface area contributed by atoms with E-state index in [1.54, 1.807) is 18.2 Å². The van der Waals surface area contributed by atoms with E-state index < -0.39 is 11.9 Å². The Balaban J connectivity index is 3.00. The highest BCUT2D eigenvalue weighted by molar-refractivity contribution is 9.10. The number of nitrogens with two attached hydrogens (primary N) is 1. The number of nitrogens with zero attached hydrogens (tertiary/aromatic N) is 1. The summed E-state index contributed by atoms with van der Waals surface area (Å²) in [5.74, 6) is -1.33. The lowest BCUT2D eigenvalue weighted by molar-refractivity contribution is -0.136. The van der Waals surface area contributed by atoms with E-state index in [1.807, 2.05) is 18.7 Å². The summed E-state index contributed by atoms with van der Waals surface area (Å²) in [6.45, 7) is 4.38. The quantitative estimate of drug-likeness (QED) is 0.838. The van der Waals surface area contributed by atoms with Crippen LogP contribution in [0.2, 0.25) is 0 Å². The number of hydrogen-bond donors (Lipinski definition) is 2. The van der Waals surface area contributed by atoms with E-state index in [0.29, 0.717) is 16.6 Å². The summed E-state index contributed by atoms with van der Waals surface area (Å²) in [5, 5.41) is 8.77. The fourth-order valence-corrected chi connectivity index (χ4v) is 2.35. The Hall–Kier alpha value is -1.56. The number of rotatable bonds is 6. The maximum atomic E-state index is 11.2. The molecule has 0 heterocycles. The van der Waals surface area contributed by atoms with Gasteiger partial charge < -0.3 is 15.7 Å². The van der Waals surface area contributed by atoms with Crippen molar-refractivity contribution in [2.24, 2.45) is 5.73 Å². The van der Waals surface area contributed by atoms with Crippen LogP contribution in [-0.4, -0.2) is 29.6 Å². The van der Waals surface area contributed by atoms with E-state index in [2.05, 4.69) is 15.9 Å². The largest absolute Gasteiger partial charge is 0.481 e. The van der Waals surface area contributed by atoms with E-state index in [9.17, 15) is 9.59 Å². The average Bonchev–Trinajstić information content (AvgIpc) is 2.27. The van der Waals surface area contributed by atoms with Gasteiger partial charge in [0.05, 0.1) is 12.0 Å². The molecule has 0 bridgehead atoms. The van der Waals surface area contributed by atoms with Crippen LogP contribution in [0.15, 0.2) is 22.7 Å². The number of carbonyl (C=O) groups excluding carboxylic acids is 1. The van der Waals surface area contributed by atoms with Crippen molar-refractivity contribution in [2.75, 3.05) is 11.4 Å². The van der Waals surface area contributed by atoms with Crippen molar-refractivity contribution in [2.45, 2.75) is 26.3 Å². The first-order valence-electron chi connectivity index (χ1n) is 5.90. The molecule has 0 fully saturated rings. The molecule has 0 atom stereocenters. The lowest BCUT2D eigenvalue weighted by Crippen LogP contribution is -2.33. The molecule has 0 spiro atoms. The first-order valence-corrected chi connectivity index (χ1v) is 6.70. The molecular formula is C13H17BrN2O3. The molecule has 1 aromatic rings. The topological polar surface area (TPSA) is 83.6 Å². The summed E-state index contributed by atoms with van der Waals surface area (Å²) in [4.78, 5) is 23.8. The lowest BCUT2D eigenvalue weighted by atomic mass is 10.1. The fourth-order valence-electron chi connectivity index (χ4n) is 1.78. The molecule has 1 aromatic carbocycles.